The molecular weight excluding hydrogens is 240 g/mol. The lowest BCUT2D eigenvalue weighted by molar-refractivity contribution is -0.141. The minimum Gasteiger partial charge on any atom is -0.458 e. The van der Waals surface area contributed by atoms with Crippen LogP contribution in [0.3, 0.4) is 0 Å². The summed E-state index contributed by atoms with van der Waals surface area (Å²) >= 11 is 0. The molecule has 2 fully saturated rings. The Hall–Kier alpha value is -1.35. The lowest BCUT2D eigenvalue weighted by Crippen LogP contribution is -2.33. The normalized spacial score (nSPS) is 41.5. The van der Waals surface area contributed by atoms with E-state index < -0.39 is 0 Å². The highest BCUT2D eigenvalue weighted by Gasteiger charge is 2.52. The van der Waals surface area contributed by atoms with Crippen LogP contribution in [0.4, 0.5) is 0 Å². The van der Waals surface area contributed by atoms with Crippen LogP contribution < -0.4 is 0 Å². The maximum atomic E-state index is 11.8. The Morgan fingerprint density at radius 2 is 2.11 bits per heavy atom. The third-order valence-corrected chi connectivity index (χ3v) is 4.92. The van der Waals surface area contributed by atoms with Crippen molar-refractivity contribution in [1.29, 1.82) is 0 Å². The fraction of sp³-hybridized carbons (Fsp3) is 0.562. The van der Waals surface area contributed by atoms with Crippen LogP contribution in [-0.4, -0.2) is 25.3 Å². The highest BCUT2D eigenvalue weighted by Crippen LogP contribution is 2.50. The molecule has 1 heterocycles. The van der Waals surface area contributed by atoms with Crippen molar-refractivity contribution in [1.82, 2.24) is 0 Å². The van der Waals surface area contributed by atoms with E-state index in [1.807, 2.05) is 0 Å². The van der Waals surface area contributed by atoms with Crippen LogP contribution in [0.25, 0.3) is 0 Å². The van der Waals surface area contributed by atoms with E-state index in [0.29, 0.717) is 5.57 Å². The maximum Gasteiger partial charge on any atom is 0.334 e. The third kappa shape index (κ3) is 1.71. The Kier molecular flexibility index (Phi) is 2.90. The van der Waals surface area contributed by atoms with Gasteiger partial charge in [-0.1, -0.05) is 30.4 Å². The molecule has 0 bridgehead atoms. The summed E-state index contributed by atoms with van der Waals surface area (Å²) in [6, 6.07) is 0. The summed E-state index contributed by atoms with van der Waals surface area (Å²) in [6.45, 7) is 10.2. The second-order valence-corrected chi connectivity index (χ2v) is 5.86. The molecule has 0 spiro atoms. The number of carbonyl (C=O) groups is 1. The Balaban J connectivity index is 2.01. The van der Waals surface area contributed by atoms with Gasteiger partial charge in [-0.25, -0.2) is 4.79 Å². The molecule has 3 nitrogen and oxygen atoms in total. The second-order valence-electron chi connectivity index (χ2n) is 5.86. The zero-order valence-corrected chi connectivity index (χ0v) is 11.5. The van der Waals surface area contributed by atoms with Gasteiger partial charge in [-0.15, -0.1) is 0 Å². The number of esters is 1. The number of methoxy groups -OCH3 is 1. The van der Waals surface area contributed by atoms with Gasteiger partial charge in [0.25, 0.3) is 0 Å². The quantitative estimate of drug-likeness (QED) is 0.413. The first-order valence-corrected chi connectivity index (χ1v) is 6.83. The average molecular weight is 260 g/mol. The van der Waals surface area contributed by atoms with Crippen molar-refractivity contribution in [3.63, 3.8) is 0 Å². The van der Waals surface area contributed by atoms with Crippen LogP contribution in [0, 0.1) is 17.8 Å². The van der Waals surface area contributed by atoms with Gasteiger partial charge >= 0.3 is 5.97 Å². The fourth-order valence-corrected chi connectivity index (χ4v) is 3.93. The predicted octanol–water partition coefficient (Wildman–Crippen LogP) is 2.64. The number of carbonyl (C=O) groups excluding carboxylic acids is 1. The molecule has 0 aromatic carbocycles. The molecular formula is C16H20O3. The average Bonchev–Trinajstić information content (AvgIpc) is 2.80. The molecule has 2 aliphatic carbocycles. The van der Waals surface area contributed by atoms with E-state index in [9.17, 15) is 4.79 Å². The minimum absolute atomic E-state index is 0.0591. The van der Waals surface area contributed by atoms with Crippen molar-refractivity contribution in [3.8, 4) is 0 Å². The summed E-state index contributed by atoms with van der Waals surface area (Å²) in [6.07, 6.45) is 3.95. The van der Waals surface area contributed by atoms with Crippen LogP contribution in [-0.2, 0) is 14.3 Å². The molecule has 1 aliphatic heterocycles. The summed E-state index contributed by atoms with van der Waals surface area (Å²) in [5.41, 5.74) is 3.09. The van der Waals surface area contributed by atoms with E-state index in [-0.39, 0.29) is 35.9 Å². The van der Waals surface area contributed by atoms with Gasteiger partial charge in [-0.3, -0.25) is 0 Å². The van der Waals surface area contributed by atoms with Crippen LogP contribution in [0.1, 0.15) is 19.8 Å². The monoisotopic (exact) mass is 260 g/mol. The van der Waals surface area contributed by atoms with Crippen LogP contribution in [0.15, 0.2) is 36.0 Å². The standard InChI is InChI=1S/C16H20O3/c1-8-5-6-11-10(3)16(17)19-15(11)14-9(2)7-12(18-4)13(8)14/h7,11-15H,1,3,5-6H2,2,4H3. The van der Waals surface area contributed by atoms with Crippen molar-refractivity contribution in [2.24, 2.45) is 17.8 Å². The molecule has 19 heavy (non-hydrogen) atoms. The number of hydrogen-bond acceptors (Lipinski definition) is 3. The molecule has 0 aromatic rings. The van der Waals surface area contributed by atoms with Gasteiger partial charge in [0.05, 0.1) is 6.10 Å². The second kappa shape index (κ2) is 4.34. The van der Waals surface area contributed by atoms with Crippen molar-refractivity contribution in [2.45, 2.75) is 32.0 Å². The van der Waals surface area contributed by atoms with E-state index in [2.05, 4.69) is 26.2 Å². The molecule has 102 valence electrons. The predicted molar refractivity (Wildman–Crippen MR) is 72.4 cm³/mol. The first-order chi connectivity index (χ1) is 9.04. The summed E-state index contributed by atoms with van der Waals surface area (Å²) in [5.74, 6) is 0.347. The van der Waals surface area contributed by atoms with Crippen LogP contribution >= 0.6 is 0 Å². The number of ether oxygens (including phenoxy) is 2. The van der Waals surface area contributed by atoms with E-state index >= 15 is 0 Å². The first kappa shape index (κ1) is 12.7. The Morgan fingerprint density at radius 3 is 2.79 bits per heavy atom. The van der Waals surface area contributed by atoms with Gasteiger partial charge in [0.1, 0.15) is 6.10 Å². The van der Waals surface area contributed by atoms with Gasteiger partial charge in [0.15, 0.2) is 0 Å². The summed E-state index contributed by atoms with van der Waals surface area (Å²) in [4.78, 5) is 11.8. The smallest absolute Gasteiger partial charge is 0.334 e. The highest BCUT2D eigenvalue weighted by molar-refractivity contribution is 5.91. The van der Waals surface area contributed by atoms with E-state index in [4.69, 9.17) is 9.47 Å². The molecule has 1 saturated heterocycles. The van der Waals surface area contributed by atoms with Crippen molar-refractivity contribution in [2.75, 3.05) is 7.11 Å². The maximum absolute atomic E-state index is 11.8. The van der Waals surface area contributed by atoms with E-state index in [0.717, 1.165) is 12.8 Å². The number of hydrogen-bond donors (Lipinski definition) is 0. The van der Waals surface area contributed by atoms with Gasteiger partial charge < -0.3 is 9.47 Å². The summed E-state index contributed by atoms with van der Waals surface area (Å²) in [7, 11) is 1.73. The number of fused-ring (bicyclic) bond motifs is 3. The van der Waals surface area contributed by atoms with Gasteiger partial charge in [-0.2, -0.15) is 0 Å². The Morgan fingerprint density at radius 1 is 1.37 bits per heavy atom. The van der Waals surface area contributed by atoms with Gasteiger partial charge in [0.2, 0.25) is 0 Å². The third-order valence-electron chi connectivity index (χ3n) is 4.92. The zero-order chi connectivity index (χ0) is 13.7. The van der Waals surface area contributed by atoms with Gasteiger partial charge in [-0.05, 0) is 19.8 Å². The van der Waals surface area contributed by atoms with Gasteiger partial charge in [0, 0.05) is 30.4 Å². The van der Waals surface area contributed by atoms with Crippen molar-refractivity contribution >= 4 is 5.97 Å². The number of rotatable bonds is 1. The molecule has 3 aliphatic rings. The van der Waals surface area contributed by atoms with Crippen LogP contribution in [0.2, 0.25) is 0 Å². The Labute approximate surface area is 114 Å². The summed E-state index contributed by atoms with van der Waals surface area (Å²) < 4.78 is 11.2. The fourth-order valence-electron chi connectivity index (χ4n) is 3.93. The first-order valence-electron chi connectivity index (χ1n) is 6.83. The summed E-state index contributed by atoms with van der Waals surface area (Å²) in [5, 5.41) is 0. The van der Waals surface area contributed by atoms with Crippen LogP contribution in [0.5, 0.6) is 0 Å². The molecule has 3 rings (SSSR count). The van der Waals surface area contributed by atoms with E-state index in [1.54, 1.807) is 7.11 Å². The molecule has 5 atom stereocenters. The molecule has 0 amide bonds. The SMILES string of the molecule is C=C1C(=O)OC2C1CCC(=C)C1C(OC)C=C(C)C21. The lowest BCUT2D eigenvalue weighted by Gasteiger charge is -2.29. The molecule has 0 aromatic heterocycles. The van der Waals surface area contributed by atoms with E-state index in [1.165, 1.54) is 11.1 Å². The molecule has 0 radical (unpaired) electrons. The van der Waals surface area contributed by atoms with Crippen molar-refractivity contribution in [3.05, 3.63) is 36.0 Å². The largest absolute Gasteiger partial charge is 0.458 e. The topological polar surface area (TPSA) is 35.5 Å². The lowest BCUT2D eigenvalue weighted by atomic mass is 9.80. The van der Waals surface area contributed by atoms with Crippen molar-refractivity contribution < 1.29 is 14.3 Å². The molecule has 0 N–H and O–H groups in total. The highest BCUT2D eigenvalue weighted by atomic mass is 16.6. The minimum atomic E-state index is -0.227. The zero-order valence-electron chi connectivity index (χ0n) is 11.5. The molecule has 5 unspecified atom stereocenters. The molecule has 1 saturated carbocycles. The molecule has 3 heteroatoms. The Bertz CT molecular complexity index is 488.